The minimum atomic E-state index is -0.591. The summed E-state index contributed by atoms with van der Waals surface area (Å²) in [6, 6.07) is 7.82. The van der Waals surface area contributed by atoms with Crippen LogP contribution in [0.2, 0.25) is 5.02 Å². The molecule has 1 aromatic carbocycles. The van der Waals surface area contributed by atoms with E-state index in [-0.39, 0.29) is 29.8 Å². The van der Waals surface area contributed by atoms with Gasteiger partial charge < -0.3 is 10.2 Å². The number of anilines is 1. The topological polar surface area (TPSA) is 62.3 Å². The first-order valence-corrected chi connectivity index (χ1v) is 7.84. The fourth-order valence-electron chi connectivity index (χ4n) is 2.62. The number of pyridine rings is 1. The SMILES string of the molecule is O=C(NCc1cccnc1)[C@H]1CC(=O)N(c2ccc(Cl)c(F)c2)C1. The summed E-state index contributed by atoms with van der Waals surface area (Å²) >= 11 is 5.65. The summed E-state index contributed by atoms with van der Waals surface area (Å²) in [4.78, 5) is 29.8. The van der Waals surface area contributed by atoms with E-state index in [1.54, 1.807) is 24.5 Å². The van der Waals surface area contributed by atoms with Crippen LogP contribution in [0.1, 0.15) is 12.0 Å². The van der Waals surface area contributed by atoms with Crippen LogP contribution in [-0.2, 0) is 16.1 Å². The Bertz CT molecular complexity index is 770. The number of aromatic nitrogens is 1. The summed E-state index contributed by atoms with van der Waals surface area (Å²) in [7, 11) is 0. The molecule has 0 saturated carbocycles. The smallest absolute Gasteiger partial charge is 0.227 e. The van der Waals surface area contributed by atoms with Crippen molar-refractivity contribution in [3.05, 3.63) is 59.1 Å². The molecular formula is C17H15ClFN3O2. The third kappa shape index (κ3) is 3.54. The minimum Gasteiger partial charge on any atom is -0.352 e. The van der Waals surface area contributed by atoms with E-state index in [1.165, 1.54) is 17.0 Å². The monoisotopic (exact) mass is 347 g/mol. The highest BCUT2D eigenvalue weighted by atomic mass is 35.5. The Balaban J connectivity index is 1.63. The Hall–Kier alpha value is -2.47. The zero-order valence-corrected chi connectivity index (χ0v) is 13.5. The molecule has 1 aliphatic rings. The fraction of sp³-hybridized carbons (Fsp3) is 0.235. The molecule has 7 heteroatoms. The molecule has 0 unspecified atom stereocenters. The first-order valence-electron chi connectivity index (χ1n) is 7.46. The molecule has 1 atom stereocenters. The molecule has 5 nitrogen and oxygen atoms in total. The third-order valence-electron chi connectivity index (χ3n) is 3.90. The number of rotatable bonds is 4. The Morgan fingerprint density at radius 3 is 2.96 bits per heavy atom. The van der Waals surface area contributed by atoms with Crippen molar-refractivity contribution >= 4 is 29.1 Å². The van der Waals surface area contributed by atoms with E-state index in [0.29, 0.717) is 12.2 Å². The summed E-state index contributed by atoms with van der Waals surface area (Å²) in [6.07, 6.45) is 3.43. The van der Waals surface area contributed by atoms with E-state index >= 15 is 0 Å². The molecule has 24 heavy (non-hydrogen) atoms. The van der Waals surface area contributed by atoms with E-state index < -0.39 is 11.7 Å². The maximum absolute atomic E-state index is 13.6. The number of nitrogens with zero attached hydrogens (tertiary/aromatic N) is 2. The lowest BCUT2D eigenvalue weighted by atomic mass is 10.1. The lowest BCUT2D eigenvalue weighted by Crippen LogP contribution is -2.32. The second kappa shape index (κ2) is 6.97. The summed E-state index contributed by atoms with van der Waals surface area (Å²) in [5, 5.41) is 2.80. The first-order chi connectivity index (χ1) is 11.5. The van der Waals surface area contributed by atoms with Gasteiger partial charge in [-0.2, -0.15) is 0 Å². The normalized spacial score (nSPS) is 17.2. The quantitative estimate of drug-likeness (QED) is 0.924. The van der Waals surface area contributed by atoms with Crippen molar-refractivity contribution in [2.75, 3.05) is 11.4 Å². The lowest BCUT2D eigenvalue weighted by molar-refractivity contribution is -0.126. The largest absolute Gasteiger partial charge is 0.352 e. The number of amides is 2. The van der Waals surface area contributed by atoms with E-state index in [2.05, 4.69) is 10.3 Å². The van der Waals surface area contributed by atoms with Crippen molar-refractivity contribution in [1.82, 2.24) is 10.3 Å². The Morgan fingerprint density at radius 2 is 2.25 bits per heavy atom. The van der Waals surface area contributed by atoms with Gasteiger partial charge in [0.25, 0.3) is 0 Å². The first kappa shape index (κ1) is 16.4. The van der Waals surface area contributed by atoms with E-state index in [1.807, 2.05) is 6.07 Å². The van der Waals surface area contributed by atoms with Crippen molar-refractivity contribution < 1.29 is 14.0 Å². The predicted octanol–water partition coefficient (Wildman–Crippen LogP) is 2.54. The van der Waals surface area contributed by atoms with E-state index in [4.69, 9.17) is 11.6 Å². The van der Waals surface area contributed by atoms with Crippen LogP contribution in [0.3, 0.4) is 0 Å². The maximum Gasteiger partial charge on any atom is 0.227 e. The molecular weight excluding hydrogens is 333 g/mol. The van der Waals surface area contributed by atoms with Crippen molar-refractivity contribution in [2.24, 2.45) is 5.92 Å². The van der Waals surface area contributed by atoms with Crippen LogP contribution in [0.4, 0.5) is 10.1 Å². The van der Waals surface area contributed by atoms with Crippen LogP contribution in [-0.4, -0.2) is 23.3 Å². The van der Waals surface area contributed by atoms with Gasteiger partial charge >= 0.3 is 0 Å². The molecule has 1 saturated heterocycles. The summed E-state index contributed by atoms with van der Waals surface area (Å²) < 4.78 is 13.6. The van der Waals surface area contributed by atoms with Gasteiger partial charge in [-0.25, -0.2) is 4.39 Å². The van der Waals surface area contributed by atoms with Crippen molar-refractivity contribution in [2.45, 2.75) is 13.0 Å². The molecule has 2 aromatic rings. The number of hydrogen-bond acceptors (Lipinski definition) is 3. The van der Waals surface area contributed by atoms with Gasteiger partial charge in [-0.3, -0.25) is 14.6 Å². The highest BCUT2D eigenvalue weighted by molar-refractivity contribution is 6.30. The molecule has 1 aromatic heterocycles. The number of halogens is 2. The average molecular weight is 348 g/mol. The zero-order chi connectivity index (χ0) is 17.1. The summed E-state index contributed by atoms with van der Waals surface area (Å²) in [6.45, 7) is 0.575. The third-order valence-corrected chi connectivity index (χ3v) is 4.21. The zero-order valence-electron chi connectivity index (χ0n) is 12.7. The lowest BCUT2D eigenvalue weighted by Gasteiger charge is -2.17. The molecule has 1 fully saturated rings. The maximum atomic E-state index is 13.6. The molecule has 0 bridgehead atoms. The number of hydrogen-bond donors (Lipinski definition) is 1. The molecule has 1 N–H and O–H groups in total. The van der Waals surface area contributed by atoms with Gasteiger partial charge in [-0.15, -0.1) is 0 Å². The molecule has 124 valence electrons. The molecule has 1 aliphatic heterocycles. The van der Waals surface area contributed by atoms with Gasteiger partial charge in [0.15, 0.2) is 0 Å². The van der Waals surface area contributed by atoms with Crippen LogP contribution in [0.15, 0.2) is 42.7 Å². The molecule has 0 radical (unpaired) electrons. The second-order valence-corrected chi connectivity index (χ2v) is 5.99. The summed E-state index contributed by atoms with van der Waals surface area (Å²) in [5.74, 6) is -1.47. The number of carbonyl (C=O) groups is 2. The Kier molecular flexibility index (Phi) is 4.76. The number of nitrogens with one attached hydrogen (secondary N) is 1. The predicted molar refractivity (Wildman–Crippen MR) is 88.0 cm³/mol. The van der Waals surface area contributed by atoms with Crippen molar-refractivity contribution in [3.8, 4) is 0 Å². The second-order valence-electron chi connectivity index (χ2n) is 5.58. The van der Waals surface area contributed by atoms with Gasteiger partial charge in [0.1, 0.15) is 5.82 Å². The van der Waals surface area contributed by atoms with Crippen LogP contribution >= 0.6 is 11.6 Å². The van der Waals surface area contributed by atoms with Gasteiger partial charge in [0.05, 0.1) is 10.9 Å². The highest BCUT2D eigenvalue weighted by Gasteiger charge is 2.35. The molecule has 3 rings (SSSR count). The number of benzene rings is 1. The molecule has 2 amide bonds. The van der Waals surface area contributed by atoms with E-state index in [9.17, 15) is 14.0 Å². The summed E-state index contributed by atoms with van der Waals surface area (Å²) in [5.41, 5.74) is 1.29. The van der Waals surface area contributed by atoms with Gasteiger partial charge in [-0.1, -0.05) is 17.7 Å². The molecule has 0 aliphatic carbocycles. The Labute approximate surface area is 143 Å². The van der Waals surface area contributed by atoms with Crippen molar-refractivity contribution in [1.29, 1.82) is 0 Å². The van der Waals surface area contributed by atoms with Gasteiger partial charge in [0, 0.05) is 37.6 Å². The average Bonchev–Trinajstić information content (AvgIpc) is 2.98. The number of carbonyl (C=O) groups excluding carboxylic acids is 2. The van der Waals surface area contributed by atoms with E-state index in [0.717, 1.165) is 5.56 Å². The molecule has 2 heterocycles. The molecule has 0 spiro atoms. The standard InChI is InChI=1S/C17H15ClFN3O2/c18-14-4-3-13(7-15(14)19)22-10-12(6-16(22)23)17(24)21-9-11-2-1-5-20-8-11/h1-5,7-8,12H,6,9-10H2,(H,21,24)/t12-/m0/s1. The highest BCUT2D eigenvalue weighted by Crippen LogP contribution is 2.28. The van der Waals surface area contributed by atoms with Crippen molar-refractivity contribution in [3.63, 3.8) is 0 Å². The van der Waals surface area contributed by atoms with Gasteiger partial charge in [0.2, 0.25) is 11.8 Å². The van der Waals surface area contributed by atoms with Crippen LogP contribution in [0.5, 0.6) is 0 Å². The van der Waals surface area contributed by atoms with Gasteiger partial charge in [-0.05, 0) is 29.8 Å². The fourth-order valence-corrected chi connectivity index (χ4v) is 2.74. The van der Waals surface area contributed by atoms with Crippen LogP contribution < -0.4 is 10.2 Å². The Morgan fingerprint density at radius 1 is 1.42 bits per heavy atom. The van der Waals surface area contributed by atoms with Crippen LogP contribution in [0, 0.1) is 11.7 Å². The van der Waals surface area contributed by atoms with Crippen LogP contribution in [0.25, 0.3) is 0 Å². The minimum absolute atomic E-state index is 0.00356.